The third kappa shape index (κ3) is 4.49. The van der Waals surface area contributed by atoms with Crippen LogP contribution in [0.4, 0.5) is 0 Å². The summed E-state index contributed by atoms with van der Waals surface area (Å²) in [5, 5.41) is 2.88. The van der Waals surface area contributed by atoms with Gasteiger partial charge in [-0.15, -0.1) is 11.3 Å². The van der Waals surface area contributed by atoms with Crippen molar-refractivity contribution in [3.8, 4) is 0 Å². The van der Waals surface area contributed by atoms with Crippen LogP contribution >= 0.6 is 11.3 Å². The number of nitrogens with one attached hydrogen (secondary N) is 1. The van der Waals surface area contributed by atoms with Crippen LogP contribution in [-0.2, 0) is 4.79 Å². The van der Waals surface area contributed by atoms with Gasteiger partial charge in [0.05, 0.1) is 10.9 Å². The molecule has 0 bridgehead atoms. The fraction of sp³-hybridized carbons (Fsp3) is 0.312. The van der Waals surface area contributed by atoms with E-state index in [0.29, 0.717) is 0 Å². The van der Waals surface area contributed by atoms with E-state index in [4.69, 9.17) is 0 Å². The zero-order valence-electron chi connectivity index (χ0n) is 12.1. The van der Waals surface area contributed by atoms with Crippen molar-refractivity contribution < 1.29 is 9.59 Å². The van der Waals surface area contributed by atoms with E-state index in [9.17, 15) is 9.59 Å². The Labute approximate surface area is 128 Å². The van der Waals surface area contributed by atoms with E-state index in [0.717, 1.165) is 15.3 Å². The Bertz CT molecular complexity index is 622. The smallest absolute Gasteiger partial charge is 0.220 e. The molecular formula is C16H18N2O2S. The minimum Gasteiger partial charge on any atom is -0.350 e. The molecule has 0 fully saturated rings. The maximum atomic E-state index is 11.9. The van der Waals surface area contributed by atoms with Crippen molar-refractivity contribution in [2.75, 3.05) is 0 Å². The first kappa shape index (κ1) is 15.4. The zero-order chi connectivity index (χ0) is 15.2. The van der Waals surface area contributed by atoms with Crippen LogP contribution in [0.1, 0.15) is 45.9 Å². The third-order valence-corrected chi connectivity index (χ3v) is 4.20. The molecule has 21 heavy (non-hydrogen) atoms. The van der Waals surface area contributed by atoms with E-state index >= 15 is 0 Å². The molecule has 0 spiro atoms. The Balaban J connectivity index is 1.81. The lowest BCUT2D eigenvalue weighted by molar-refractivity contribution is -0.121. The lowest BCUT2D eigenvalue weighted by atomic mass is 10.1. The monoisotopic (exact) mass is 302 g/mol. The average Bonchev–Trinajstić information content (AvgIpc) is 2.92. The van der Waals surface area contributed by atoms with Gasteiger partial charge in [0, 0.05) is 30.1 Å². The minimum absolute atomic E-state index is 0.0253. The molecule has 0 aliphatic rings. The van der Waals surface area contributed by atoms with Crippen LogP contribution in [-0.4, -0.2) is 16.7 Å². The van der Waals surface area contributed by atoms with E-state index in [1.54, 1.807) is 12.4 Å². The molecule has 0 aliphatic carbocycles. The van der Waals surface area contributed by atoms with Gasteiger partial charge in [0.15, 0.2) is 5.78 Å². The topological polar surface area (TPSA) is 59.1 Å². The molecule has 5 heteroatoms. The van der Waals surface area contributed by atoms with Crippen LogP contribution in [0, 0.1) is 6.92 Å². The van der Waals surface area contributed by atoms with Crippen molar-refractivity contribution >= 4 is 23.0 Å². The number of aromatic nitrogens is 1. The van der Waals surface area contributed by atoms with Crippen molar-refractivity contribution in [2.45, 2.75) is 32.7 Å². The SMILES string of the molecule is Cc1ccc(C(=O)CCC(=O)NC(C)c2cccnc2)s1. The first-order valence-electron chi connectivity index (χ1n) is 6.85. The van der Waals surface area contributed by atoms with Crippen LogP contribution in [0.5, 0.6) is 0 Å². The van der Waals surface area contributed by atoms with E-state index in [2.05, 4.69) is 10.3 Å². The van der Waals surface area contributed by atoms with E-state index in [1.165, 1.54) is 11.3 Å². The molecule has 1 atom stereocenters. The number of aryl methyl sites for hydroxylation is 1. The quantitative estimate of drug-likeness (QED) is 0.833. The molecule has 0 aromatic carbocycles. The summed E-state index contributed by atoms with van der Waals surface area (Å²) in [5.74, 6) is -0.0924. The molecule has 2 aromatic heterocycles. The number of thiophene rings is 1. The molecule has 1 amide bonds. The van der Waals surface area contributed by atoms with Gasteiger partial charge in [0.2, 0.25) is 5.91 Å². The Morgan fingerprint density at radius 1 is 1.29 bits per heavy atom. The van der Waals surface area contributed by atoms with E-state index in [1.807, 2.05) is 38.1 Å². The molecule has 1 N–H and O–H groups in total. The summed E-state index contributed by atoms with van der Waals surface area (Å²) < 4.78 is 0. The van der Waals surface area contributed by atoms with Crippen molar-refractivity contribution in [1.29, 1.82) is 0 Å². The maximum absolute atomic E-state index is 11.9. The molecule has 0 saturated heterocycles. The second-order valence-electron chi connectivity index (χ2n) is 4.91. The molecule has 2 aromatic rings. The molecule has 2 heterocycles. The molecule has 1 unspecified atom stereocenters. The van der Waals surface area contributed by atoms with E-state index in [-0.39, 0.29) is 30.6 Å². The van der Waals surface area contributed by atoms with Gasteiger partial charge >= 0.3 is 0 Å². The highest BCUT2D eigenvalue weighted by molar-refractivity contribution is 7.14. The normalized spacial score (nSPS) is 11.9. The van der Waals surface area contributed by atoms with Gasteiger partial charge in [-0.3, -0.25) is 14.6 Å². The standard InChI is InChI=1S/C16H18N2O2S/c1-11-5-7-15(21-11)14(19)6-8-16(20)18-12(2)13-4-3-9-17-10-13/h3-5,7,9-10,12H,6,8H2,1-2H3,(H,18,20). The number of Topliss-reactive ketones (excluding diaryl/α,β-unsaturated/α-hetero) is 1. The number of rotatable bonds is 6. The Morgan fingerprint density at radius 2 is 2.10 bits per heavy atom. The number of nitrogens with zero attached hydrogens (tertiary/aromatic N) is 1. The molecule has 0 aliphatic heterocycles. The highest BCUT2D eigenvalue weighted by Gasteiger charge is 2.13. The van der Waals surface area contributed by atoms with Crippen molar-refractivity contribution in [2.24, 2.45) is 0 Å². The molecular weight excluding hydrogens is 284 g/mol. The highest BCUT2D eigenvalue weighted by atomic mass is 32.1. The third-order valence-electron chi connectivity index (χ3n) is 3.16. The Kier molecular flexibility index (Phi) is 5.22. The summed E-state index contributed by atoms with van der Waals surface area (Å²) in [7, 11) is 0. The van der Waals surface area contributed by atoms with Gasteiger partial charge in [-0.05, 0) is 37.6 Å². The number of ketones is 1. The number of pyridine rings is 1. The Hall–Kier alpha value is -2.01. The predicted molar refractivity (Wildman–Crippen MR) is 83.4 cm³/mol. The fourth-order valence-electron chi connectivity index (χ4n) is 1.96. The molecule has 4 nitrogen and oxygen atoms in total. The van der Waals surface area contributed by atoms with Gasteiger partial charge in [-0.25, -0.2) is 0 Å². The summed E-state index contributed by atoms with van der Waals surface area (Å²) >= 11 is 1.47. The van der Waals surface area contributed by atoms with Crippen molar-refractivity contribution in [1.82, 2.24) is 10.3 Å². The zero-order valence-corrected chi connectivity index (χ0v) is 12.9. The van der Waals surface area contributed by atoms with Gasteiger partial charge in [0.1, 0.15) is 0 Å². The number of carbonyl (C=O) groups excluding carboxylic acids is 2. The summed E-state index contributed by atoms with van der Waals surface area (Å²) in [6.07, 6.45) is 3.87. The van der Waals surface area contributed by atoms with Gasteiger partial charge in [-0.2, -0.15) is 0 Å². The number of carbonyl (C=O) groups is 2. The van der Waals surface area contributed by atoms with Crippen molar-refractivity contribution in [3.05, 3.63) is 52.0 Å². The van der Waals surface area contributed by atoms with Crippen LogP contribution in [0.25, 0.3) is 0 Å². The molecule has 0 radical (unpaired) electrons. The number of hydrogen-bond donors (Lipinski definition) is 1. The lowest BCUT2D eigenvalue weighted by Gasteiger charge is -2.13. The van der Waals surface area contributed by atoms with Crippen LogP contribution in [0.2, 0.25) is 0 Å². The van der Waals surface area contributed by atoms with Gasteiger partial charge < -0.3 is 5.32 Å². The van der Waals surface area contributed by atoms with Crippen LogP contribution in [0.15, 0.2) is 36.7 Å². The summed E-state index contributed by atoms with van der Waals surface area (Å²) in [4.78, 5) is 29.7. The van der Waals surface area contributed by atoms with Crippen molar-refractivity contribution in [3.63, 3.8) is 0 Å². The molecule has 0 saturated carbocycles. The minimum atomic E-state index is -0.118. The number of amides is 1. The van der Waals surface area contributed by atoms with Crippen LogP contribution in [0.3, 0.4) is 0 Å². The highest BCUT2D eigenvalue weighted by Crippen LogP contribution is 2.17. The summed E-state index contributed by atoms with van der Waals surface area (Å²) in [5.41, 5.74) is 0.950. The number of hydrogen-bond acceptors (Lipinski definition) is 4. The van der Waals surface area contributed by atoms with Gasteiger partial charge in [-0.1, -0.05) is 6.07 Å². The molecule has 2 rings (SSSR count). The first-order valence-corrected chi connectivity index (χ1v) is 7.67. The molecule has 110 valence electrons. The summed E-state index contributed by atoms with van der Waals surface area (Å²) in [6.45, 7) is 3.86. The second kappa shape index (κ2) is 7.13. The van der Waals surface area contributed by atoms with E-state index < -0.39 is 0 Å². The maximum Gasteiger partial charge on any atom is 0.220 e. The average molecular weight is 302 g/mol. The van der Waals surface area contributed by atoms with Crippen LogP contribution < -0.4 is 5.32 Å². The predicted octanol–water partition coefficient (Wildman–Crippen LogP) is 3.29. The Morgan fingerprint density at radius 3 is 2.71 bits per heavy atom. The largest absolute Gasteiger partial charge is 0.350 e. The lowest BCUT2D eigenvalue weighted by Crippen LogP contribution is -2.26. The second-order valence-corrected chi connectivity index (χ2v) is 6.20. The fourth-order valence-corrected chi connectivity index (χ4v) is 2.80. The first-order chi connectivity index (χ1) is 10.1. The van der Waals surface area contributed by atoms with Gasteiger partial charge in [0.25, 0.3) is 0 Å². The summed E-state index contributed by atoms with van der Waals surface area (Å²) in [6, 6.07) is 7.38.